The third-order valence-electron chi connectivity index (χ3n) is 1.75. The van der Waals surface area contributed by atoms with E-state index in [-0.39, 0.29) is 5.43 Å². The Morgan fingerprint density at radius 1 is 1.29 bits per heavy atom. The van der Waals surface area contributed by atoms with Gasteiger partial charge in [-0.05, 0) is 28.1 Å². The summed E-state index contributed by atoms with van der Waals surface area (Å²) in [7, 11) is 0. The monoisotopic (exact) mass is 292 g/mol. The van der Waals surface area contributed by atoms with Crippen molar-refractivity contribution in [1.29, 1.82) is 0 Å². The van der Waals surface area contributed by atoms with Crippen molar-refractivity contribution < 1.29 is 4.42 Å². The topological polar surface area (TPSA) is 30.2 Å². The first-order valence-corrected chi connectivity index (χ1v) is 5.20. The van der Waals surface area contributed by atoms with Crippen molar-refractivity contribution in [2.24, 2.45) is 0 Å². The van der Waals surface area contributed by atoms with E-state index < -0.39 is 0 Å². The van der Waals surface area contributed by atoms with Crippen LogP contribution < -0.4 is 5.43 Å². The number of rotatable bonds is 0. The van der Waals surface area contributed by atoms with Crippen LogP contribution in [0.3, 0.4) is 0 Å². The molecule has 0 saturated heterocycles. The largest absolute Gasteiger partial charge is 0.461 e. The lowest BCUT2D eigenvalue weighted by Gasteiger charge is -2.00. The Hall–Kier alpha value is -0.510. The zero-order valence-electron chi connectivity index (χ0n) is 6.68. The Balaban J connectivity index is 3.03. The van der Waals surface area contributed by atoms with E-state index >= 15 is 0 Å². The highest BCUT2D eigenvalue weighted by atomic mass is 79.9. The van der Waals surface area contributed by atoms with Crippen LogP contribution in [0, 0.1) is 0 Å². The van der Waals surface area contributed by atoms with Gasteiger partial charge >= 0.3 is 0 Å². The van der Waals surface area contributed by atoms with Crippen molar-refractivity contribution in [2.75, 3.05) is 0 Å². The van der Waals surface area contributed by atoms with E-state index in [9.17, 15) is 4.79 Å². The predicted molar refractivity (Wildman–Crippen MR) is 60.2 cm³/mol. The summed E-state index contributed by atoms with van der Waals surface area (Å²) >= 11 is 14.7. The third kappa shape index (κ3) is 1.56. The first-order valence-electron chi connectivity index (χ1n) is 3.65. The van der Waals surface area contributed by atoms with E-state index in [1.54, 1.807) is 0 Å². The fourth-order valence-electron chi connectivity index (χ4n) is 1.14. The lowest BCUT2D eigenvalue weighted by molar-refractivity contribution is 0.599. The SMILES string of the molecule is O=c1c(Br)coc2c(Cl)cc(Cl)cc12. The van der Waals surface area contributed by atoms with Crippen LogP contribution in [0.1, 0.15) is 0 Å². The average Bonchev–Trinajstić information content (AvgIpc) is 2.12. The molecule has 0 saturated carbocycles. The Morgan fingerprint density at radius 3 is 2.71 bits per heavy atom. The summed E-state index contributed by atoms with van der Waals surface area (Å²) in [5.41, 5.74) is 0.167. The molecule has 0 spiro atoms. The normalized spacial score (nSPS) is 10.8. The van der Waals surface area contributed by atoms with E-state index in [0.717, 1.165) is 0 Å². The van der Waals surface area contributed by atoms with Crippen LogP contribution >= 0.6 is 39.1 Å². The molecule has 1 aromatic carbocycles. The fourth-order valence-corrected chi connectivity index (χ4v) is 1.99. The highest BCUT2D eigenvalue weighted by Gasteiger charge is 2.09. The number of hydrogen-bond acceptors (Lipinski definition) is 2. The maximum Gasteiger partial charge on any atom is 0.206 e. The summed E-state index contributed by atoms with van der Waals surface area (Å²) in [6.45, 7) is 0. The van der Waals surface area contributed by atoms with Crippen molar-refractivity contribution in [3.05, 3.63) is 43.1 Å². The van der Waals surface area contributed by atoms with Gasteiger partial charge in [0, 0.05) is 5.02 Å². The summed E-state index contributed by atoms with van der Waals surface area (Å²) in [6, 6.07) is 3.06. The summed E-state index contributed by atoms with van der Waals surface area (Å²) < 4.78 is 5.52. The summed E-state index contributed by atoms with van der Waals surface area (Å²) in [5, 5.41) is 1.11. The van der Waals surface area contributed by atoms with E-state index in [0.29, 0.717) is 25.5 Å². The first kappa shape index (κ1) is 10.0. The predicted octanol–water partition coefficient (Wildman–Crippen LogP) is 3.86. The second-order valence-electron chi connectivity index (χ2n) is 2.68. The standard InChI is InChI=1S/C9H3BrCl2O2/c10-6-3-14-9-5(8(6)13)1-4(11)2-7(9)12/h1-3H. The van der Waals surface area contributed by atoms with Crippen molar-refractivity contribution >= 4 is 50.1 Å². The molecule has 0 bridgehead atoms. The molecule has 2 nitrogen and oxygen atoms in total. The van der Waals surface area contributed by atoms with Gasteiger partial charge in [0.25, 0.3) is 0 Å². The lowest BCUT2D eigenvalue weighted by Crippen LogP contribution is -2.01. The van der Waals surface area contributed by atoms with Gasteiger partial charge in [0.15, 0.2) is 5.58 Å². The molecular weight excluding hydrogens is 291 g/mol. The van der Waals surface area contributed by atoms with Gasteiger partial charge in [-0.1, -0.05) is 23.2 Å². The zero-order valence-corrected chi connectivity index (χ0v) is 9.78. The number of hydrogen-bond donors (Lipinski definition) is 0. The van der Waals surface area contributed by atoms with E-state index in [1.807, 2.05) is 0 Å². The van der Waals surface area contributed by atoms with Gasteiger partial charge in [0.2, 0.25) is 5.43 Å². The maximum absolute atomic E-state index is 11.6. The molecule has 14 heavy (non-hydrogen) atoms. The molecule has 1 aromatic heterocycles. The molecule has 0 fully saturated rings. The highest BCUT2D eigenvalue weighted by Crippen LogP contribution is 2.26. The van der Waals surface area contributed by atoms with Crippen LogP contribution in [0.2, 0.25) is 10.0 Å². The maximum atomic E-state index is 11.6. The molecule has 1 heterocycles. The average molecular weight is 294 g/mol. The molecule has 72 valence electrons. The second kappa shape index (κ2) is 3.57. The van der Waals surface area contributed by atoms with E-state index in [4.69, 9.17) is 27.6 Å². The van der Waals surface area contributed by atoms with E-state index in [1.165, 1.54) is 18.4 Å². The van der Waals surface area contributed by atoms with Crippen LogP contribution in [0.5, 0.6) is 0 Å². The van der Waals surface area contributed by atoms with Gasteiger partial charge in [-0.2, -0.15) is 0 Å². The fraction of sp³-hybridized carbons (Fsp3) is 0. The number of benzene rings is 1. The second-order valence-corrected chi connectivity index (χ2v) is 4.38. The van der Waals surface area contributed by atoms with E-state index in [2.05, 4.69) is 15.9 Å². The van der Waals surface area contributed by atoms with Crippen molar-refractivity contribution in [1.82, 2.24) is 0 Å². The highest BCUT2D eigenvalue weighted by molar-refractivity contribution is 9.10. The lowest BCUT2D eigenvalue weighted by atomic mass is 10.2. The third-order valence-corrected chi connectivity index (χ3v) is 2.80. The number of halogens is 3. The quantitative estimate of drug-likeness (QED) is 0.738. The molecule has 0 aliphatic heterocycles. The van der Waals surface area contributed by atoms with Crippen LogP contribution in [0.25, 0.3) is 11.0 Å². The Labute approximate surface area is 97.6 Å². The molecule has 0 N–H and O–H groups in total. The smallest absolute Gasteiger partial charge is 0.206 e. The Bertz CT molecular complexity index is 562. The summed E-state index contributed by atoms with van der Waals surface area (Å²) in [4.78, 5) is 11.6. The summed E-state index contributed by atoms with van der Waals surface area (Å²) in [5.74, 6) is 0. The molecule has 0 aliphatic carbocycles. The van der Waals surface area contributed by atoms with Gasteiger partial charge in [0.1, 0.15) is 10.7 Å². The minimum atomic E-state index is -0.185. The van der Waals surface area contributed by atoms with Gasteiger partial charge in [-0.3, -0.25) is 4.79 Å². The number of fused-ring (bicyclic) bond motifs is 1. The van der Waals surface area contributed by atoms with Gasteiger partial charge in [-0.25, -0.2) is 0 Å². The Morgan fingerprint density at radius 2 is 2.00 bits per heavy atom. The van der Waals surface area contributed by atoms with Gasteiger partial charge in [-0.15, -0.1) is 0 Å². The van der Waals surface area contributed by atoms with Crippen molar-refractivity contribution in [3.8, 4) is 0 Å². The summed E-state index contributed by atoms with van der Waals surface area (Å²) in [6.07, 6.45) is 1.31. The molecular formula is C9H3BrCl2O2. The Kier molecular flexibility index (Phi) is 2.56. The van der Waals surface area contributed by atoms with Crippen molar-refractivity contribution in [3.63, 3.8) is 0 Å². The molecule has 2 aromatic rings. The van der Waals surface area contributed by atoms with Crippen molar-refractivity contribution in [2.45, 2.75) is 0 Å². The molecule has 5 heteroatoms. The zero-order chi connectivity index (χ0) is 10.3. The molecule has 0 unspecified atom stereocenters. The molecule has 0 amide bonds. The van der Waals surface area contributed by atoms with Crippen LogP contribution in [0.15, 0.2) is 32.1 Å². The van der Waals surface area contributed by atoms with Gasteiger partial charge in [0.05, 0.1) is 10.4 Å². The molecule has 2 rings (SSSR count). The minimum Gasteiger partial charge on any atom is -0.461 e. The van der Waals surface area contributed by atoms with Crippen LogP contribution in [0.4, 0.5) is 0 Å². The molecule has 0 aliphatic rings. The van der Waals surface area contributed by atoms with Crippen LogP contribution in [-0.4, -0.2) is 0 Å². The molecule has 0 radical (unpaired) electrons. The minimum absolute atomic E-state index is 0.185. The van der Waals surface area contributed by atoms with Crippen LogP contribution in [-0.2, 0) is 0 Å². The molecule has 0 atom stereocenters. The first-order chi connectivity index (χ1) is 6.59. The van der Waals surface area contributed by atoms with Gasteiger partial charge < -0.3 is 4.42 Å².